The molecule has 1 aromatic heterocycles. The summed E-state index contributed by atoms with van der Waals surface area (Å²) in [5.74, 6) is -1.61. The number of amides is 2. The van der Waals surface area contributed by atoms with Crippen LogP contribution in [-0.4, -0.2) is 47.0 Å². The Hall–Kier alpha value is -2.65. The predicted molar refractivity (Wildman–Crippen MR) is 102 cm³/mol. The number of nitrogens with one attached hydrogen (secondary N) is 2. The van der Waals surface area contributed by atoms with Gasteiger partial charge >= 0.3 is 11.8 Å². The molecule has 0 saturated heterocycles. The third kappa shape index (κ3) is 5.20. The molecule has 2 amide bonds. The summed E-state index contributed by atoms with van der Waals surface area (Å²) in [7, 11) is -2.40. The number of aryl methyl sites for hydroxylation is 2. The number of sulfone groups is 1. The number of hydrogen-bond acceptors (Lipinski definition) is 6. The first-order valence-corrected chi connectivity index (χ1v) is 10.2. The van der Waals surface area contributed by atoms with Crippen molar-refractivity contribution in [1.82, 2.24) is 10.6 Å². The molecule has 9 heteroatoms. The van der Waals surface area contributed by atoms with Crippen molar-refractivity contribution in [3.8, 4) is 0 Å². The second kappa shape index (κ2) is 9.52. The lowest BCUT2D eigenvalue weighted by atomic mass is 10.1. The molecule has 152 valence electrons. The fourth-order valence-electron chi connectivity index (χ4n) is 2.51. The van der Waals surface area contributed by atoms with Gasteiger partial charge in [-0.2, -0.15) is 0 Å². The average Bonchev–Trinajstić information content (AvgIpc) is 3.18. The van der Waals surface area contributed by atoms with Crippen LogP contribution in [0.15, 0.2) is 45.9 Å². The molecule has 0 saturated carbocycles. The van der Waals surface area contributed by atoms with Crippen LogP contribution >= 0.6 is 0 Å². The Bertz CT molecular complexity index is 922. The third-order valence-corrected chi connectivity index (χ3v) is 6.35. The van der Waals surface area contributed by atoms with Crippen LogP contribution in [0.25, 0.3) is 0 Å². The van der Waals surface area contributed by atoms with E-state index in [1.165, 1.54) is 25.5 Å². The molecule has 0 aliphatic heterocycles. The van der Waals surface area contributed by atoms with Gasteiger partial charge in [0, 0.05) is 20.2 Å². The minimum atomic E-state index is -3.87. The number of hydrogen-bond donors (Lipinski definition) is 2. The summed E-state index contributed by atoms with van der Waals surface area (Å²) in [5.41, 5.74) is 1.80. The van der Waals surface area contributed by atoms with Gasteiger partial charge in [0.2, 0.25) is 0 Å². The number of benzene rings is 1. The lowest BCUT2D eigenvalue weighted by Gasteiger charge is -2.17. The molecule has 0 radical (unpaired) electrons. The van der Waals surface area contributed by atoms with Crippen molar-refractivity contribution in [2.75, 3.05) is 26.8 Å². The van der Waals surface area contributed by atoms with Crippen molar-refractivity contribution in [2.24, 2.45) is 0 Å². The van der Waals surface area contributed by atoms with Gasteiger partial charge in [-0.25, -0.2) is 8.42 Å². The SMILES string of the molecule is COCCNC(=O)C(=O)NC[C@@H](c1ccco1)S(=O)(=O)c1ccc(C)c(C)c1. The molecule has 0 bridgehead atoms. The fourth-order valence-corrected chi connectivity index (χ4v) is 4.18. The van der Waals surface area contributed by atoms with Crippen LogP contribution in [0.2, 0.25) is 0 Å². The molecule has 2 N–H and O–H groups in total. The Morgan fingerprint density at radius 3 is 2.43 bits per heavy atom. The second-order valence-corrected chi connectivity index (χ2v) is 8.38. The maximum atomic E-state index is 13.2. The van der Waals surface area contributed by atoms with Gasteiger partial charge in [-0.15, -0.1) is 0 Å². The van der Waals surface area contributed by atoms with E-state index in [9.17, 15) is 18.0 Å². The molecule has 1 atom stereocenters. The minimum Gasteiger partial charge on any atom is -0.468 e. The van der Waals surface area contributed by atoms with Crippen LogP contribution in [0.4, 0.5) is 0 Å². The lowest BCUT2D eigenvalue weighted by molar-refractivity contribution is -0.139. The topological polar surface area (TPSA) is 115 Å². The number of rotatable bonds is 8. The number of furan rings is 1. The summed E-state index contributed by atoms with van der Waals surface area (Å²) in [6.07, 6.45) is 1.36. The molecule has 0 aliphatic rings. The maximum absolute atomic E-state index is 13.2. The Balaban J connectivity index is 2.20. The monoisotopic (exact) mass is 408 g/mol. The molecule has 0 fully saturated rings. The van der Waals surface area contributed by atoms with Gasteiger partial charge in [0.05, 0.1) is 17.8 Å². The van der Waals surface area contributed by atoms with Gasteiger partial charge in [0.25, 0.3) is 0 Å². The van der Waals surface area contributed by atoms with Crippen LogP contribution in [0.3, 0.4) is 0 Å². The van der Waals surface area contributed by atoms with Crippen LogP contribution in [-0.2, 0) is 24.2 Å². The molecule has 2 aromatic rings. The molecule has 1 aromatic carbocycles. The second-order valence-electron chi connectivity index (χ2n) is 6.25. The highest BCUT2D eigenvalue weighted by atomic mass is 32.2. The van der Waals surface area contributed by atoms with Crippen LogP contribution in [0.5, 0.6) is 0 Å². The molecule has 0 aliphatic carbocycles. The van der Waals surface area contributed by atoms with E-state index in [1.807, 2.05) is 13.8 Å². The van der Waals surface area contributed by atoms with Gasteiger partial charge < -0.3 is 19.8 Å². The Morgan fingerprint density at radius 1 is 1.11 bits per heavy atom. The highest BCUT2D eigenvalue weighted by Crippen LogP contribution is 2.29. The summed E-state index contributed by atoms with van der Waals surface area (Å²) in [6.45, 7) is 3.83. The quantitative estimate of drug-likeness (QED) is 0.502. The van der Waals surface area contributed by atoms with E-state index in [0.717, 1.165) is 11.1 Å². The first kappa shape index (κ1) is 21.6. The van der Waals surface area contributed by atoms with Crippen molar-refractivity contribution in [2.45, 2.75) is 24.0 Å². The van der Waals surface area contributed by atoms with Gasteiger partial charge in [-0.3, -0.25) is 9.59 Å². The molecule has 2 rings (SSSR count). The normalized spacial score (nSPS) is 12.4. The Labute approximate surface area is 164 Å². The van der Waals surface area contributed by atoms with E-state index < -0.39 is 26.9 Å². The average molecular weight is 408 g/mol. The first-order valence-electron chi connectivity index (χ1n) is 8.67. The van der Waals surface area contributed by atoms with Crippen LogP contribution in [0, 0.1) is 13.8 Å². The molecule has 1 heterocycles. The maximum Gasteiger partial charge on any atom is 0.309 e. The highest BCUT2D eigenvalue weighted by Gasteiger charge is 2.32. The number of ether oxygens (including phenoxy) is 1. The number of carbonyl (C=O) groups excluding carboxylic acids is 2. The van der Waals surface area contributed by atoms with E-state index in [4.69, 9.17) is 9.15 Å². The van der Waals surface area contributed by atoms with E-state index in [0.29, 0.717) is 0 Å². The Morgan fingerprint density at radius 2 is 1.82 bits per heavy atom. The lowest BCUT2D eigenvalue weighted by Crippen LogP contribution is -2.43. The van der Waals surface area contributed by atoms with Gasteiger partial charge in [-0.1, -0.05) is 6.07 Å². The van der Waals surface area contributed by atoms with Crippen molar-refractivity contribution < 1.29 is 27.2 Å². The highest BCUT2D eigenvalue weighted by molar-refractivity contribution is 7.91. The molecule has 28 heavy (non-hydrogen) atoms. The zero-order valence-corrected chi connectivity index (χ0v) is 16.8. The van der Waals surface area contributed by atoms with Crippen LogP contribution < -0.4 is 10.6 Å². The van der Waals surface area contributed by atoms with Crippen molar-refractivity contribution >= 4 is 21.7 Å². The van der Waals surface area contributed by atoms with E-state index >= 15 is 0 Å². The fraction of sp³-hybridized carbons (Fsp3) is 0.368. The standard InChI is InChI=1S/C19H24N2O6S/c1-13-6-7-15(11-14(13)2)28(24,25)17(16-5-4-9-27-16)12-21-19(23)18(22)20-8-10-26-3/h4-7,9,11,17H,8,10,12H2,1-3H3,(H,20,22)(H,21,23)/t17-/m0/s1. The zero-order chi connectivity index (χ0) is 20.7. The largest absolute Gasteiger partial charge is 0.468 e. The molecular weight excluding hydrogens is 384 g/mol. The summed E-state index contributed by atoms with van der Waals surface area (Å²) in [6, 6.07) is 7.92. The summed E-state index contributed by atoms with van der Waals surface area (Å²) in [4.78, 5) is 23.9. The summed E-state index contributed by atoms with van der Waals surface area (Å²) >= 11 is 0. The van der Waals surface area contributed by atoms with Crippen molar-refractivity contribution in [1.29, 1.82) is 0 Å². The van der Waals surface area contributed by atoms with Gasteiger partial charge in [0.1, 0.15) is 11.0 Å². The molecule has 8 nitrogen and oxygen atoms in total. The van der Waals surface area contributed by atoms with E-state index in [2.05, 4.69) is 10.6 Å². The summed E-state index contributed by atoms with van der Waals surface area (Å²) in [5, 5.41) is 3.58. The van der Waals surface area contributed by atoms with E-state index in [-0.39, 0.29) is 30.4 Å². The minimum absolute atomic E-state index is 0.121. The van der Waals surface area contributed by atoms with E-state index in [1.54, 1.807) is 18.2 Å². The van der Waals surface area contributed by atoms with Crippen molar-refractivity contribution in [3.05, 3.63) is 53.5 Å². The first-order chi connectivity index (χ1) is 13.3. The summed E-state index contributed by atoms with van der Waals surface area (Å²) < 4.78 is 36.4. The van der Waals surface area contributed by atoms with Crippen LogP contribution in [0.1, 0.15) is 22.1 Å². The predicted octanol–water partition coefficient (Wildman–Crippen LogP) is 1.29. The molecular formula is C19H24N2O6S. The van der Waals surface area contributed by atoms with Crippen molar-refractivity contribution in [3.63, 3.8) is 0 Å². The smallest absolute Gasteiger partial charge is 0.309 e. The van der Waals surface area contributed by atoms with Gasteiger partial charge in [0.15, 0.2) is 9.84 Å². The van der Waals surface area contributed by atoms with Gasteiger partial charge in [-0.05, 0) is 49.2 Å². The molecule has 0 spiro atoms. The zero-order valence-electron chi connectivity index (χ0n) is 16.0. The Kier molecular flexibility index (Phi) is 7.36. The third-order valence-electron chi connectivity index (χ3n) is 4.29. The molecule has 0 unspecified atom stereocenters. The number of carbonyl (C=O) groups is 2. The number of methoxy groups -OCH3 is 1.